The number of aliphatic hydroxyl groups is 1. The summed E-state index contributed by atoms with van der Waals surface area (Å²) >= 11 is 1.54. The molecule has 0 bridgehead atoms. The first-order valence-corrected chi connectivity index (χ1v) is 8.47. The summed E-state index contributed by atoms with van der Waals surface area (Å²) in [6.45, 7) is 2.77. The van der Waals surface area contributed by atoms with Crippen molar-refractivity contribution in [3.05, 3.63) is 47.9 Å². The molecule has 1 aromatic carbocycles. The van der Waals surface area contributed by atoms with E-state index >= 15 is 0 Å². The van der Waals surface area contributed by atoms with Crippen molar-refractivity contribution in [1.82, 2.24) is 19.9 Å². The standard InChI is InChI=1S/C16H18N4O2S/c1-2-8-20-15(10-21)17-18-16(20)23-11-13-9-14(22-19-13)12-6-4-3-5-7-12/h3-7,9,21H,2,8,10-11H2,1H3. The molecule has 0 aliphatic rings. The quantitative estimate of drug-likeness (QED) is 0.671. The fraction of sp³-hybridized carbons (Fsp3) is 0.312. The van der Waals surface area contributed by atoms with Gasteiger partial charge in [-0.1, -0.05) is 54.2 Å². The SMILES string of the molecule is CCCn1c(CO)nnc1SCc1cc(-c2ccccc2)on1. The molecule has 3 rings (SSSR count). The summed E-state index contributed by atoms with van der Waals surface area (Å²) in [6.07, 6.45) is 0.959. The highest BCUT2D eigenvalue weighted by Crippen LogP contribution is 2.25. The Labute approximate surface area is 138 Å². The lowest BCUT2D eigenvalue weighted by atomic mass is 10.2. The van der Waals surface area contributed by atoms with Gasteiger partial charge in [0.1, 0.15) is 6.61 Å². The minimum Gasteiger partial charge on any atom is -0.388 e. The highest BCUT2D eigenvalue weighted by molar-refractivity contribution is 7.98. The fourth-order valence-corrected chi connectivity index (χ4v) is 3.11. The number of hydrogen-bond acceptors (Lipinski definition) is 6. The van der Waals surface area contributed by atoms with Crippen molar-refractivity contribution in [2.24, 2.45) is 0 Å². The molecule has 0 spiro atoms. The van der Waals surface area contributed by atoms with Crippen LogP contribution in [0.2, 0.25) is 0 Å². The third-order valence-corrected chi connectivity index (χ3v) is 4.35. The molecule has 2 heterocycles. The largest absolute Gasteiger partial charge is 0.388 e. The number of aromatic nitrogens is 4. The summed E-state index contributed by atoms with van der Waals surface area (Å²) in [5, 5.41) is 22.4. The van der Waals surface area contributed by atoms with Crippen molar-refractivity contribution in [3.8, 4) is 11.3 Å². The summed E-state index contributed by atoms with van der Waals surface area (Å²) in [4.78, 5) is 0. The van der Waals surface area contributed by atoms with E-state index in [9.17, 15) is 5.11 Å². The van der Waals surface area contributed by atoms with Gasteiger partial charge in [0.05, 0.1) is 5.69 Å². The van der Waals surface area contributed by atoms with E-state index in [0.29, 0.717) is 11.6 Å². The van der Waals surface area contributed by atoms with Crippen molar-refractivity contribution in [3.63, 3.8) is 0 Å². The second kappa shape index (κ2) is 7.43. The van der Waals surface area contributed by atoms with Gasteiger partial charge in [0.25, 0.3) is 0 Å². The average molecular weight is 330 g/mol. The molecule has 0 saturated carbocycles. The maximum absolute atomic E-state index is 9.31. The van der Waals surface area contributed by atoms with Gasteiger partial charge in [-0.3, -0.25) is 0 Å². The molecule has 0 aliphatic heterocycles. The van der Waals surface area contributed by atoms with Crippen LogP contribution in [0.3, 0.4) is 0 Å². The Hall–Kier alpha value is -2.12. The Morgan fingerprint density at radius 1 is 1.22 bits per heavy atom. The van der Waals surface area contributed by atoms with Crippen LogP contribution < -0.4 is 0 Å². The van der Waals surface area contributed by atoms with E-state index in [-0.39, 0.29) is 6.61 Å². The van der Waals surface area contributed by atoms with Crippen molar-refractivity contribution in [1.29, 1.82) is 0 Å². The summed E-state index contributed by atoms with van der Waals surface area (Å²) in [5.74, 6) is 2.00. The van der Waals surface area contributed by atoms with Crippen LogP contribution in [-0.4, -0.2) is 25.0 Å². The van der Waals surface area contributed by atoms with Gasteiger partial charge in [0, 0.05) is 23.9 Å². The fourth-order valence-electron chi connectivity index (χ4n) is 2.25. The van der Waals surface area contributed by atoms with E-state index in [1.807, 2.05) is 41.0 Å². The molecule has 0 saturated heterocycles. The molecule has 0 unspecified atom stereocenters. The summed E-state index contributed by atoms with van der Waals surface area (Å²) in [7, 11) is 0. The summed E-state index contributed by atoms with van der Waals surface area (Å²) in [5.41, 5.74) is 1.86. The number of rotatable bonds is 7. The maximum Gasteiger partial charge on any atom is 0.191 e. The summed E-state index contributed by atoms with van der Waals surface area (Å²) in [6, 6.07) is 11.8. The topological polar surface area (TPSA) is 77.0 Å². The second-order valence-electron chi connectivity index (χ2n) is 5.05. The van der Waals surface area contributed by atoms with Crippen LogP contribution in [0.5, 0.6) is 0 Å². The lowest BCUT2D eigenvalue weighted by molar-refractivity contribution is 0.263. The molecule has 120 valence electrons. The molecule has 3 aromatic rings. The molecule has 0 amide bonds. The van der Waals surface area contributed by atoms with Gasteiger partial charge in [0.15, 0.2) is 16.7 Å². The molecule has 2 aromatic heterocycles. The number of benzene rings is 1. The summed E-state index contributed by atoms with van der Waals surface area (Å²) < 4.78 is 7.34. The van der Waals surface area contributed by atoms with Gasteiger partial charge >= 0.3 is 0 Å². The monoisotopic (exact) mass is 330 g/mol. The van der Waals surface area contributed by atoms with E-state index in [2.05, 4.69) is 22.3 Å². The molecule has 7 heteroatoms. The zero-order valence-corrected chi connectivity index (χ0v) is 13.7. The van der Waals surface area contributed by atoms with Gasteiger partial charge in [0.2, 0.25) is 0 Å². The molecule has 1 N–H and O–H groups in total. The van der Waals surface area contributed by atoms with Crippen molar-refractivity contribution in [2.75, 3.05) is 0 Å². The van der Waals surface area contributed by atoms with E-state index in [0.717, 1.165) is 35.1 Å². The number of nitrogens with zero attached hydrogens (tertiary/aromatic N) is 4. The van der Waals surface area contributed by atoms with Crippen LogP contribution in [0, 0.1) is 0 Å². The Morgan fingerprint density at radius 2 is 2.04 bits per heavy atom. The maximum atomic E-state index is 9.31. The minimum atomic E-state index is -0.102. The van der Waals surface area contributed by atoms with Crippen LogP contribution in [0.15, 0.2) is 46.1 Å². The van der Waals surface area contributed by atoms with Crippen LogP contribution in [-0.2, 0) is 18.9 Å². The molecule has 23 heavy (non-hydrogen) atoms. The lowest BCUT2D eigenvalue weighted by Gasteiger charge is -2.06. The van der Waals surface area contributed by atoms with Gasteiger partial charge in [-0.2, -0.15) is 0 Å². The van der Waals surface area contributed by atoms with Crippen molar-refractivity contribution < 1.29 is 9.63 Å². The highest BCUT2D eigenvalue weighted by atomic mass is 32.2. The molecule has 6 nitrogen and oxygen atoms in total. The number of hydrogen-bond donors (Lipinski definition) is 1. The third kappa shape index (κ3) is 3.62. The molecule has 0 radical (unpaired) electrons. The predicted octanol–water partition coefficient (Wildman–Crippen LogP) is 3.13. The van der Waals surface area contributed by atoms with Gasteiger partial charge < -0.3 is 14.2 Å². The third-order valence-electron chi connectivity index (χ3n) is 3.35. The van der Waals surface area contributed by atoms with E-state index < -0.39 is 0 Å². The molecular weight excluding hydrogens is 312 g/mol. The number of aliphatic hydroxyl groups excluding tert-OH is 1. The molecule has 0 fully saturated rings. The zero-order valence-electron chi connectivity index (χ0n) is 12.8. The van der Waals surface area contributed by atoms with Gasteiger partial charge in [-0.05, 0) is 6.42 Å². The van der Waals surface area contributed by atoms with Gasteiger partial charge in [-0.15, -0.1) is 10.2 Å². The van der Waals surface area contributed by atoms with Crippen molar-refractivity contribution >= 4 is 11.8 Å². The Bertz CT molecular complexity index is 755. The van der Waals surface area contributed by atoms with E-state index in [1.54, 1.807) is 11.8 Å². The predicted molar refractivity (Wildman–Crippen MR) is 87.7 cm³/mol. The van der Waals surface area contributed by atoms with Gasteiger partial charge in [-0.25, -0.2) is 0 Å². The molecule has 0 aliphatic carbocycles. The number of thioether (sulfide) groups is 1. The first-order valence-electron chi connectivity index (χ1n) is 7.48. The normalized spacial score (nSPS) is 11.0. The first kappa shape index (κ1) is 15.8. The minimum absolute atomic E-state index is 0.102. The molecule has 0 atom stereocenters. The highest BCUT2D eigenvalue weighted by Gasteiger charge is 2.13. The van der Waals surface area contributed by atoms with Crippen LogP contribution in [0.25, 0.3) is 11.3 Å². The average Bonchev–Trinajstić information content (AvgIpc) is 3.21. The van der Waals surface area contributed by atoms with Crippen LogP contribution >= 0.6 is 11.8 Å². The van der Waals surface area contributed by atoms with Crippen LogP contribution in [0.1, 0.15) is 24.9 Å². The first-order chi connectivity index (χ1) is 11.3. The lowest BCUT2D eigenvalue weighted by Crippen LogP contribution is -2.04. The Kier molecular flexibility index (Phi) is 5.09. The van der Waals surface area contributed by atoms with Crippen molar-refractivity contribution in [2.45, 2.75) is 37.4 Å². The smallest absolute Gasteiger partial charge is 0.191 e. The van der Waals surface area contributed by atoms with E-state index in [4.69, 9.17) is 4.52 Å². The van der Waals surface area contributed by atoms with E-state index in [1.165, 1.54) is 0 Å². The Balaban J connectivity index is 1.70. The van der Waals surface area contributed by atoms with Crippen LogP contribution in [0.4, 0.5) is 0 Å². The molecular formula is C16H18N4O2S. The second-order valence-corrected chi connectivity index (χ2v) is 5.99. The zero-order chi connectivity index (χ0) is 16.1. The Morgan fingerprint density at radius 3 is 2.78 bits per heavy atom.